The second-order valence-electron chi connectivity index (χ2n) is 3.15. The van der Waals surface area contributed by atoms with Gasteiger partial charge in [-0.2, -0.15) is 0 Å². The summed E-state index contributed by atoms with van der Waals surface area (Å²) in [4.78, 5) is 12.7. The van der Waals surface area contributed by atoms with Gasteiger partial charge in [0.25, 0.3) is 0 Å². The van der Waals surface area contributed by atoms with Crippen LogP contribution < -0.4 is 5.32 Å². The molecule has 4 nitrogen and oxygen atoms in total. The van der Waals surface area contributed by atoms with E-state index in [1.165, 1.54) is 11.3 Å². The van der Waals surface area contributed by atoms with Gasteiger partial charge in [-0.1, -0.05) is 6.07 Å². The predicted molar refractivity (Wildman–Crippen MR) is 63.6 cm³/mol. The Morgan fingerprint density at radius 1 is 1.62 bits per heavy atom. The van der Waals surface area contributed by atoms with E-state index in [1.54, 1.807) is 14.0 Å². The topological polar surface area (TPSA) is 47.6 Å². The number of hydrogen-bond donors (Lipinski definition) is 1. The maximum atomic E-state index is 11.7. The lowest BCUT2D eigenvalue weighted by molar-refractivity contribution is -0.145. The quantitative estimate of drug-likeness (QED) is 0.583. The molecule has 0 amide bonds. The van der Waals surface area contributed by atoms with Crippen molar-refractivity contribution < 1.29 is 14.3 Å². The minimum atomic E-state index is -0.380. The van der Waals surface area contributed by atoms with Crippen molar-refractivity contribution in [2.45, 2.75) is 13.0 Å². The van der Waals surface area contributed by atoms with Gasteiger partial charge in [0.1, 0.15) is 6.04 Å². The molecule has 1 N–H and O–H groups in total. The number of hydrogen-bond acceptors (Lipinski definition) is 5. The van der Waals surface area contributed by atoms with Gasteiger partial charge in [-0.05, 0) is 18.4 Å². The van der Waals surface area contributed by atoms with E-state index >= 15 is 0 Å². The first-order valence-corrected chi connectivity index (χ1v) is 6.10. The van der Waals surface area contributed by atoms with Crippen molar-refractivity contribution in [1.82, 2.24) is 5.32 Å². The summed E-state index contributed by atoms with van der Waals surface area (Å²) >= 11 is 1.54. The molecule has 0 fully saturated rings. The summed E-state index contributed by atoms with van der Waals surface area (Å²) in [5.74, 6) is -0.235. The molecule has 1 rings (SSSR count). The molecule has 0 radical (unpaired) electrons. The normalized spacial score (nSPS) is 12.4. The largest absolute Gasteiger partial charge is 0.465 e. The van der Waals surface area contributed by atoms with Crippen molar-refractivity contribution in [2.24, 2.45) is 0 Å². The molecule has 0 spiro atoms. The maximum absolute atomic E-state index is 11.7. The highest BCUT2D eigenvalue weighted by molar-refractivity contribution is 7.10. The third kappa shape index (κ3) is 3.92. The van der Waals surface area contributed by atoms with Gasteiger partial charge < -0.3 is 9.47 Å². The summed E-state index contributed by atoms with van der Waals surface area (Å²) in [7, 11) is 1.63. The fourth-order valence-corrected chi connectivity index (χ4v) is 2.07. The van der Waals surface area contributed by atoms with Gasteiger partial charge in [0, 0.05) is 18.5 Å². The fourth-order valence-electron chi connectivity index (χ4n) is 1.29. The van der Waals surface area contributed by atoms with Crippen LogP contribution in [-0.2, 0) is 14.3 Å². The number of carbonyl (C=O) groups is 1. The third-order valence-electron chi connectivity index (χ3n) is 2.00. The molecule has 16 heavy (non-hydrogen) atoms. The van der Waals surface area contributed by atoms with Crippen LogP contribution in [0.1, 0.15) is 17.8 Å². The zero-order chi connectivity index (χ0) is 11.8. The van der Waals surface area contributed by atoms with Crippen LogP contribution in [0.3, 0.4) is 0 Å². The first-order chi connectivity index (χ1) is 7.79. The van der Waals surface area contributed by atoms with Crippen LogP contribution in [0.15, 0.2) is 17.5 Å². The summed E-state index contributed by atoms with van der Waals surface area (Å²) in [5.41, 5.74) is 0. The fraction of sp³-hybridized carbons (Fsp3) is 0.545. The number of nitrogens with one attached hydrogen (secondary N) is 1. The SMILES string of the molecule is CCOC(=O)C(NCCOC)c1cccs1. The number of ether oxygens (including phenoxy) is 2. The Bertz CT molecular complexity index is 300. The summed E-state index contributed by atoms with van der Waals surface area (Å²) in [5, 5.41) is 5.06. The lowest BCUT2D eigenvalue weighted by Crippen LogP contribution is -2.31. The zero-order valence-corrected chi connectivity index (χ0v) is 10.4. The number of carbonyl (C=O) groups excluding carboxylic acids is 1. The molecule has 1 unspecified atom stereocenters. The molecule has 0 bridgehead atoms. The maximum Gasteiger partial charge on any atom is 0.328 e. The van der Waals surface area contributed by atoms with Crippen molar-refractivity contribution in [1.29, 1.82) is 0 Å². The van der Waals surface area contributed by atoms with Crippen LogP contribution in [0.5, 0.6) is 0 Å². The Labute approximate surface area is 99.6 Å². The van der Waals surface area contributed by atoms with E-state index in [2.05, 4.69) is 5.32 Å². The third-order valence-corrected chi connectivity index (χ3v) is 2.94. The minimum Gasteiger partial charge on any atom is -0.465 e. The summed E-state index contributed by atoms with van der Waals surface area (Å²) in [6.45, 7) is 3.39. The Kier molecular flexibility index (Phi) is 6.07. The van der Waals surface area contributed by atoms with Crippen LogP contribution in [0.4, 0.5) is 0 Å². The first-order valence-electron chi connectivity index (χ1n) is 5.22. The van der Waals surface area contributed by atoms with Crippen LogP contribution in [0.25, 0.3) is 0 Å². The average molecular weight is 243 g/mol. The second-order valence-corrected chi connectivity index (χ2v) is 4.13. The lowest BCUT2D eigenvalue weighted by atomic mass is 10.2. The monoisotopic (exact) mass is 243 g/mol. The van der Waals surface area contributed by atoms with E-state index in [9.17, 15) is 4.79 Å². The van der Waals surface area contributed by atoms with Crippen LogP contribution >= 0.6 is 11.3 Å². The smallest absolute Gasteiger partial charge is 0.328 e. The van der Waals surface area contributed by atoms with Crippen molar-refractivity contribution in [2.75, 3.05) is 26.9 Å². The molecular formula is C11H17NO3S. The van der Waals surface area contributed by atoms with Gasteiger partial charge >= 0.3 is 5.97 Å². The highest BCUT2D eigenvalue weighted by Crippen LogP contribution is 2.20. The highest BCUT2D eigenvalue weighted by Gasteiger charge is 2.21. The minimum absolute atomic E-state index is 0.235. The number of thiophene rings is 1. The van der Waals surface area contributed by atoms with Gasteiger partial charge in [0.05, 0.1) is 13.2 Å². The molecule has 1 heterocycles. The van der Waals surface area contributed by atoms with E-state index in [0.717, 1.165) is 4.88 Å². The number of rotatable bonds is 7. The van der Waals surface area contributed by atoms with E-state index in [-0.39, 0.29) is 12.0 Å². The van der Waals surface area contributed by atoms with Gasteiger partial charge in [-0.3, -0.25) is 5.32 Å². The number of methoxy groups -OCH3 is 1. The molecule has 0 aliphatic carbocycles. The molecule has 0 aliphatic heterocycles. The summed E-state index contributed by atoms with van der Waals surface area (Å²) in [6.07, 6.45) is 0. The predicted octanol–water partition coefficient (Wildman–Crippen LogP) is 1.59. The molecule has 0 saturated heterocycles. The molecular weight excluding hydrogens is 226 g/mol. The molecule has 0 aromatic carbocycles. The van der Waals surface area contributed by atoms with E-state index in [1.807, 2.05) is 17.5 Å². The molecule has 5 heteroatoms. The molecule has 0 aliphatic rings. The van der Waals surface area contributed by atoms with Crippen LogP contribution in [-0.4, -0.2) is 32.8 Å². The van der Waals surface area contributed by atoms with Crippen molar-refractivity contribution in [3.8, 4) is 0 Å². The summed E-state index contributed by atoms with van der Waals surface area (Å²) in [6, 6.07) is 3.46. The van der Waals surface area contributed by atoms with Gasteiger partial charge in [-0.15, -0.1) is 11.3 Å². The number of esters is 1. The Balaban J connectivity index is 2.58. The standard InChI is InChI=1S/C11H17NO3S/c1-3-15-11(13)10(12-6-7-14-2)9-5-4-8-16-9/h4-5,8,10,12H,3,6-7H2,1-2H3. The average Bonchev–Trinajstić information content (AvgIpc) is 2.78. The van der Waals surface area contributed by atoms with E-state index in [4.69, 9.17) is 9.47 Å². The Morgan fingerprint density at radius 3 is 3.00 bits per heavy atom. The molecule has 1 aromatic rings. The van der Waals surface area contributed by atoms with Crippen molar-refractivity contribution >= 4 is 17.3 Å². The Morgan fingerprint density at radius 2 is 2.44 bits per heavy atom. The molecule has 1 aromatic heterocycles. The molecule has 1 atom stereocenters. The van der Waals surface area contributed by atoms with Gasteiger partial charge in [-0.25, -0.2) is 4.79 Å². The van der Waals surface area contributed by atoms with Crippen LogP contribution in [0.2, 0.25) is 0 Å². The van der Waals surface area contributed by atoms with Crippen molar-refractivity contribution in [3.05, 3.63) is 22.4 Å². The highest BCUT2D eigenvalue weighted by atomic mass is 32.1. The van der Waals surface area contributed by atoms with Gasteiger partial charge in [0.2, 0.25) is 0 Å². The first kappa shape index (κ1) is 13.2. The van der Waals surface area contributed by atoms with Crippen molar-refractivity contribution in [3.63, 3.8) is 0 Å². The van der Waals surface area contributed by atoms with Crippen LogP contribution in [0, 0.1) is 0 Å². The molecule has 90 valence electrons. The van der Waals surface area contributed by atoms with E-state index in [0.29, 0.717) is 19.8 Å². The Hall–Kier alpha value is -0.910. The zero-order valence-electron chi connectivity index (χ0n) is 9.56. The van der Waals surface area contributed by atoms with Gasteiger partial charge in [0.15, 0.2) is 0 Å². The molecule has 0 saturated carbocycles. The van der Waals surface area contributed by atoms with E-state index < -0.39 is 0 Å². The second kappa shape index (κ2) is 7.38. The lowest BCUT2D eigenvalue weighted by Gasteiger charge is -2.15. The summed E-state index contributed by atoms with van der Waals surface area (Å²) < 4.78 is 9.96.